The number of nitrogens with one attached hydrogen (secondary N) is 1. The minimum atomic E-state index is -3.50. The predicted molar refractivity (Wildman–Crippen MR) is 117 cm³/mol. The van der Waals surface area contributed by atoms with Gasteiger partial charge in [-0.3, -0.25) is 4.79 Å². The molecule has 1 fully saturated rings. The average Bonchev–Trinajstić information content (AvgIpc) is 3.18. The molecule has 3 rings (SSSR count). The number of hydrogen-bond donors (Lipinski definition) is 1. The fourth-order valence-electron chi connectivity index (χ4n) is 3.39. The number of halogens is 1. The van der Waals surface area contributed by atoms with E-state index in [0.29, 0.717) is 23.5 Å². The second-order valence-corrected chi connectivity index (χ2v) is 9.70. The molecule has 1 amide bonds. The van der Waals surface area contributed by atoms with Gasteiger partial charge >= 0.3 is 0 Å². The number of sulfonamides is 1. The molecule has 1 aliphatic rings. The molecule has 1 saturated heterocycles. The van der Waals surface area contributed by atoms with E-state index in [2.05, 4.69) is 27.9 Å². The van der Waals surface area contributed by atoms with Gasteiger partial charge in [0.15, 0.2) is 0 Å². The van der Waals surface area contributed by atoms with Crippen LogP contribution < -0.4 is 10.1 Å². The van der Waals surface area contributed by atoms with E-state index < -0.39 is 10.0 Å². The van der Waals surface area contributed by atoms with Crippen LogP contribution in [0.2, 0.25) is 0 Å². The van der Waals surface area contributed by atoms with Gasteiger partial charge in [0.2, 0.25) is 10.0 Å². The van der Waals surface area contributed by atoms with Crippen molar-refractivity contribution in [1.29, 1.82) is 0 Å². The standard InChI is InChI=1S/C20H23IN2O4S/c1-3-16-5-4-12-23(16)28(25,26)17-9-7-15(8-10-17)22-20(24)14-6-11-19(27-2)18(21)13-14/h6-11,13,16H,3-5,12H2,1-2H3,(H,22,24). The summed E-state index contributed by atoms with van der Waals surface area (Å²) in [6, 6.07) is 11.6. The van der Waals surface area contributed by atoms with Gasteiger partial charge in [-0.25, -0.2) is 8.42 Å². The maximum Gasteiger partial charge on any atom is 0.255 e. The van der Waals surface area contributed by atoms with Crippen molar-refractivity contribution in [2.45, 2.75) is 37.1 Å². The van der Waals surface area contributed by atoms with E-state index in [4.69, 9.17) is 4.74 Å². The van der Waals surface area contributed by atoms with Crippen LogP contribution in [0.1, 0.15) is 36.5 Å². The maximum atomic E-state index is 12.9. The van der Waals surface area contributed by atoms with Crippen LogP contribution in [0.25, 0.3) is 0 Å². The molecular weight excluding hydrogens is 491 g/mol. The first-order valence-corrected chi connectivity index (χ1v) is 11.7. The van der Waals surface area contributed by atoms with Gasteiger partial charge in [-0.15, -0.1) is 0 Å². The Kier molecular flexibility index (Phi) is 6.61. The zero-order valence-electron chi connectivity index (χ0n) is 15.8. The Morgan fingerprint density at radius 3 is 2.57 bits per heavy atom. The van der Waals surface area contributed by atoms with Crippen molar-refractivity contribution in [2.24, 2.45) is 0 Å². The second kappa shape index (κ2) is 8.79. The predicted octanol–water partition coefficient (Wildman–Crippen LogP) is 4.12. The molecule has 1 N–H and O–H groups in total. The summed E-state index contributed by atoms with van der Waals surface area (Å²) in [4.78, 5) is 12.7. The molecule has 2 aromatic rings. The van der Waals surface area contributed by atoms with E-state index in [1.54, 1.807) is 53.9 Å². The summed E-state index contributed by atoms with van der Waals surface area (Å²) in [5.74, 6) is 0.445. The molecule has 1 unspecified atom stereocenters. The Bertz CT molecular complexity index is 961. The molecule has 0 saturated carbocycles. The van der Waals surface area contributed by atoms with E-state index in [9.17, 15) is 13.2 Å². The number of anilines is 1. The van der Waals surface area contributed by atoms with Gasteiger partial charge in [0.05, 0.1) is 15.6 Å². The summed E-state index contributed by atoms with van der Waals surface area (Å²) in [5, 5.41) is 2.80. The fraction of sp³-hybridized carbons (Fsp3) is 0.350. The monoisotopic (exact) mass is 514 g/mol. The number of carbonyl (C=O) groups excluding carboxylic acids is 1. The van der Waals surface area contributed by atoms with E-state index >= 15 is 0 Å². The molecule has 1 aliphatic heterocycles. The highest BCUT2D eigenvalue weighted by Crippen LogP contribution is 2.28. The third kappa shape index (κ3) is 4.33. The van der Waals surface area contributed by atoms with Crippen LogP contribution in [-0.4, -0.2) is 38.3 Å². The largest absolute Gasteiger partial charge is 0.496 e. The Balaban J connectivity index is 1.74. The lowest BCUT2D eigenvalue weighted by Gasteiger charge is -2.23. The minimum Gasteiger partial charge on any atom is -0.496 e. The Hall–Kier alpha value is -1.65. The Labute approximate surface area is 179 Å². The van der Waals surface area contributed by atoms with Gasteiger partial charge < -0.3 is 10.1 Å². The van der Waals surface area contributed by atoms with Gasteiger partial charge in [0.1, 0.15) is 5.75 Å². The summed E-state index contributed by atoms with van der Waals surface area (Å²) in [5.41, 5.74) is 1.05. The van der Waals surface area contributed by atoms with E-state index in [0.717, 1.165) is 22.8 Å². The van der Waals surface area contributed by atoms with Crippen molar-refractivity contribution >= 4 is 44.2 Å². The lowest BCUT2D eigenvalue weighted by atomic mass is 10.2. The third-order valence-electron chi connectivity index (χ3n) is 4.93. The van der Waals surface area contributed by atoms with Crippen LogP contribution in [0, 0.1) is 3.57 Å². The van der Waals surface area contributed by atoms with Crippen molar-refractivity contribution in [1.82, 2.24) is 4.31 Å². The van der Waals surface area contributed by atoms with Gasteiger partial charge in [-0.05, 0) is 84.3 Å². The second-order valence-electron chi connectivity index (χ2n) is 6.65. The van der Waals surface area contributed by atoms with Crippen molar-refractivity contribution in [3.63, 3.8) is 0 Å². The smallest absolute Gasteiger partial charge is 0.255 e. The van der Waals surface area contributed by atoms with Crippen LogP contribution >= 0.6 is 22.6 Å². The quantitative estimate of drug-likeness (QED) is 0.589. The first-order chi connectivity index (χ1) is 13.4. The van der Waals surface area contributed by atoms with Crippen LogP contribution in [0.3, 0.4) is 0 Å². The number of amides is 1. The molecule has 2 aromatic carbocycles. The number of nitrogens with zero attached hydrogens (tertiary/aromatic N) is 1. The minimum absolute atomic E-state index is 0.0712. The molecule has 1 atom stereocenters. The van der Waals surface area contributed by atoms with Gasteiger partial charge in [-0.2, -0.15) is 4.31 Å². The Morgan fingerprint density at radius 1 is 1.25 bits per heavy atom. The van der Waals surface area contributed by atoms with Crippen molar-refractivity contribution in [3.8, 4) is 5.75 Å². The number of methoxy groups -OCH3 is 1. The molecule has 8 heteroatoms. The zero-order valence-corrected chi connectivity index (χ0v) is 18.8. The molecule has 0 radical (unpaired) electrons. The number of rotatable bonds is 6. The molecule has 1 heterocycles. The van der Waals surface area contributed by atoms with Crippen molar-refractivity contribution in [2.75, 3.05) is 19.0 Å². The molecule has 0 spiro atoms. The summed E-state index contributed by atoms with van der Waals surface area (Å²) >= 11 is 2.11. The van der Waals surface area contributed by atoms with Crippen LogP contribution in [-0.2, 0) is 10.0 Å². The lowest BCUT2D eigenvalue weighted by molar-refractivity contribution is 0.102. The topological polar surface area (TPSA) is 75.7 Å². The molecule has 28 heavy (non-hydrogen) atoms. The molecule has 0 aliphatic carbocycles. The number of benzene rings is 2. The molecule has 6 nitrogen and oxygen atoms in total. The molecule has 150 valence electrons. The molecule has 0 bridgehead atoms. The average molecular weight is 514 g/mol. The first-order valence-electron chi connectivity index (χ1n) is 9.13. The first kappa shape index (κ1) is 21.1. The molecule has 0 aromatic heterocycles. The summed E-state index contributed by atoms with van der Waals surface area (Å²) in [6.45, 7) is 2.58. The summed E-state index contributed by atoms with van der Waals surface area (Å²) in [6.07, 6.45) is 2.62. The lowest BCUT2D eigenvalue weighted by Crippen LogP contribution is -2.35. The number of carbonyl (C=O) groups is 1. The highest BCUT2D eigenvalue weighted by atomic mass is 127. The van der Waals surface area contributed by atoms with Crippen molar-refractivity contribution < 1.29 is 17.9 Å². The zero-order chi connectivity index (χ0) is 20.3. The van der Waals surface area contributed by atoms with Crippen LogP contribution in [0.4, 0.5) is 5.69 Å². The van der Waals surface area contributed by atoms with Crippen LogP contribution in [0.5, 0.6) is 5.75 Å². The van der Waals surface area contributed by atoms with Crippen LogP contribution in [0.15, 0.2) is 47.4 Å². The van der Waals surface area contributed by atoms with E-state index in [1.165, 1.54) is 0 Å². The summed E-state index contributed by atoms with van der Waals surface area (Å²) in [7, 11) is -1.92. The van der Waals surface area contributed by atoms with Gasteiger partial charge in [0, 0.05) is 23.8 Å². The number of ether oxygens (including phenoxy) is 1. The molecular formula is C20H23IN2O4S. The number of hydrogen-bond acceptors (Lipinski definition) is 4. The van der Waals surface area contributed by atoms with Gasteiger partial charge in [0.25, 0.3) is 5.91 Å². The van der Waals surface area contributed by atoms with E-state index in [-0.39, 0.29) is 16.8 Å². The maximum absolute atomic E-state index is 12.9. The van der Waals surface area contributed by atoms with Crippen molar-refractivity contribution in [3.05, 3.63) is 51.6 Å². The normalized spacial score (nSPS) is 17.5. The van der Waals surface area contributed by atoms with Gasteiger partial charge in [-0.1, -0.05) is 6.92 Å². The third-order valence-corrected chi connectivity index (χ3v) is 7.74. The SMILES string of the molecule is CCC1CCCN1S(=O)(=O)c1ccc(NC(=O)c2ccc(OC)c(I)c2)cc1. The van der Waals surface area contributed by atoms with E-state index in [1.807, 2.05) is 6.92 Å². The summed E-state index contributed by atoms with van der Waals surface area (Å²) < 4.78 is 33.4. The highest BCUT2D eigenvalue weighted by molar-refractivity contribution is 14.1. The fourth-order valence-corrected chi connectivity index (χ4v) is 5.89. The highest BCUT2D eigenvalue weighted by Gasteiger charge is 2.34. The Morgan fingerprint density at radius 2 is 1.96 bits per heavy atom.